The lowest BCUT2D eigenvalue weighted by Gasteiger charge is -2.34. The topological polar surface area (TPSA) is 124 Å². The van der Waals surface area contributed by atoms with Crippen molar-refractivity contribution in [1.82, 2.24) is 0 Å². The lowest BCUT2D eigenvalue weighted by molar-refractivity contribution is -0.0789. The molecule has 10 nitrogen and oxygen atoms in total. The quantitative estimate of drug-likeness (QED) is 0.0185. The molecule has 0 aliphatic heterocycles. The number of allylic oxidation sites excluding steroid dienone is 6. The molecule has 78 heavy (non-hydrogen) atoms. The van der Waals surface area contributed by atoms with Gasteiger partial charge >= 0.3 is 0 Å². The molecule has 0 spiro atoms. The second-order valence-electron chi connectivity index (χ2n) is 18.4. The Bertz CT molecular complexity index is 2920. The van der Waals surface area contributed by atoms with Crippen LogP contribution in [0.5, 0.6) is 11.5 Å². The normalized spacial score (nSPS) is 15.1. The molecule has 0 bridgehead atoms. The molecule has 0 fully saturated rings. The molecule has 0 radical (unpaired) electrons. The predicted molar refractivity (Wildman–Crippen MR) is 320 cm³/mol. The Kier molecular flexibility index (Phi) is 24.4. The first-order valence-corrected chi connectivity index (χ1v) is 31.0. The van der Waals surface area contributed by atoms with Gasteiger partial charge in [0.25, 0.3) is 0 Å². The number of methoxy groups -OCH3 is 4. The van der Waals surface area contributed by atoms with E-state index < -0.39 is 54.2 Å². The summed E-state index contributed by atoms with van der Waals surface area (Å²) in [5.41, 5.74) is 4.68. The smallest absolute Gasteiger partial charge is 0.187 e. The molecule has 6 aromatic rings. The van der Waals surface area contributed by atoms with Crippen LogP contribution < -0.4 is 9.47 Å². The number of benzene rings is 6. The zero-order valence-corrected chi connectivity index (χ0v) is 48.9. The van der Waals surface area contributed by atoms with Crippen LogP contribution in [0.1, 0.15) is 60.8 Å². The first kappa shape index (κ1) is 61.3. The van der Waals surface area contributed by atoms with Crippen LogP contribution in [-0.4, -0.2) is 94.1 Å². The molecule has 14 heteroatoms. The molecule has 0 aromatic heterocycles. The van der Waals surface area contributed by atoms with Crippen LogP contribution >= 0.6 is 23.5 Å². The van der Waals surface area contributed by atoms with E-state index in [0.29, 0.717) is 35.5 Å². The first-order chi connectivity index (χ1) is 37.8. The molecule has 0 heterocycles. The average Bonchev–Trinajstić information content (AvgIpc) is 3.50. The molecule has 6 aromatic carbocycles. The van der Waals surface area contributed by atoms with Gasteiger partial charge in [-0.25, -0.2) is 16.8 Å². The van der Waals surface area contributed by atoms with Gasteiger partial charge in [-0.1, -0.05) is 145 Å². The predicted octanol–water partition coefficient (Wildman–Crippen LogP) is 14.3. The van der Waals surface area contributed by atoms with Crippen LogP contribution in [0.3, 0.4) is 0 Å². The molecule has 0 aliphatic carbocycles. The maximum absolute atomic E-state index is 15.2. The summed E-state index contributed by atoms with van der Waals surface area (Å²) in [5, 5.41) is -2.36. The third-order valence-electron chi connectivity index (χ3n) is 13.4. The fraction of sp³-hybridized carbons (Fsp3) is 0.281. The summed E-state index contributed by atoms with van der Waals surface area (Å²) in [5.74, 6) is 0.128. The van der Waals surface area contributed by atoms with E-state index in [-0.39, 0.29) is 23.4 Å². The first-order valence-electron chi connectivity index (χ1n) is 25.5. The van der Waals surface area contributed by atoms with E-state index in [2.05, 4.69) is 0 Å². The molecule has 0 amide bonds. The summed E-state index contributed by atoms with van der Waals surface area (Å²) < 4.78 is 96.6. The fourth-order valence-corrected chi connectivity index (χ4v) is 14.2. The summed E-state index contributed by atoms with van der Waals surface area (Å²) in [7, 11) is -2.04. The van der Waals surface area contributed by atoms with Crippen LogP contribution in [0.25, 0.3) is 12.2 Å². The Morgan fingerprint density at radius 1 is 0.474 bits per heavy atom. The number of thioether (sulfide) groups is 2. The number of hydrogen-bond acceptors (Lipinski definition) is 12. The summed E-state index contributed by atoms with van der Waals surface area (Å²) >= 11 is 3.32. The SMILES string of the molecule is COCOC(C(C/C=C/CC(c1ccc(OC)cc1)C(OCOC)C(/C(C)=C/C=C/c1ccc(SC)cc1)S(=O)(=O)c1ccccc1)c1ccc(OC)cc1)C(/C(C)=C/C=C/c1ccc(SC)cc1)S(=O)(=O)c1ccccc1. The van der Waals surface area contributed by atoms with Gasteiger partial charge in [0.15, 0.2) is 19.7 Å². The van der Waals surface area contributed by atoms with Crippen molar-refractivity contribution in [1.29, 1.82) is 0 Å². The minimum atomic E-state index is -4.13. The minimum absolute atomic E-state index is 0.156. The van der Waals surface area contributed by atoms with Crippen molar-refractivity contribution in [2.45, 2.75) is 80.8 Å². The molecule has 0 saturated heterocycles. The highest BCUT2D eigenvalue weighted by Gasteiger charge is 2.43. The molecule has 0 aliphatic rings. The van der Waals surface area contributed by atoms with Gasteiger partial charge in [-0.15, -0.1) is 23.5 Å². The van der Waals surface area contributed by atoms with E-state index in [1.807, 2.05) is 172 Å². The number of rotatable bonds is 30. The summed E-state index contributed by atoms with van der Waals surface area (Å²) in [4.78, 5) is 2.59. The van der Waals surface area contributed by atoms with Crippen molar-refractivity contribution in [3.63, 3.8) is 0 Å². The van der Waals surface area contributed by atoms with Crippen molar-refractivity contribution in [2.24, 2.45) is 0 Å². The van der Waals surface area contributed by atoms with E-state index in [4.69, 9.17) is 28.4 Å². The Morgan fingerprint density at radius 2 is 0.821 bits per heavy atom. The summed E-state index contributed by atoms with van der Waals surface area (Å²) in [6, 6.07) is 48.3. The highest BCUT2D eigenvalue weighted by molar-refractivity contribution is 7.98. The second-order valence-corrected chi connectivity index (χ2v) is 24.3. The molecule has 6 atom stereocenters. The van der Waals surface area contributed by atoms with Crippen molar-refractivity contribution in [2.75, 3.05) is 54.5 Å². The van der Waals surface area contributed by atoms with Crippen molar-refractivity contribution in [3.05, 3.63) is 228 Å². The van der Waals surface area contributed by atoms with Crippen LogP contribution in [0.2, 0.25) is 0 Å². The standard InChI is InChI=1S/C64H72O10S4/c1-47(19-17-21-49-29-41-55(75-7)42-30-49)63(77(65,66)57-23-11-9-12-24-57)61(73-45-69-3)59(51-33-37-53(71-5)38-34-51)27-15-16-28-60(52-35-39-54(72-6)40-36-52)62(74-46-70-4)64(78(67,68)58-25-13-10-14-26-58)48(2)20-18-22-50-31-43-56(76-8)44-32-50/h9-26,29-44,59-64H,27-28,45-46H2,1-8H3/b16-15+,21-17+,22-18+,47-19+,48-20+. The van der Waals surface area contributed by atoms with Crippen LogP contribution in [0.4, 0.5) is 0 Å². The summed E-state index contributed by atoms with van der Waals surface area (Å²) in [6.07, 6.45) is 18.0. The largest absolute Gasteiger partial charge is 0.497 e. The Morgan fingerprint density at radius 3 is 1.13 bits per heavy atom. The van der Waals surface area contributed by atoms with Gasteiger partial charge in [0.05, 0.1) is 36.2 Å². The number of sulfone groups is 2. The lowest BCUT2D eigenvalue weighted by atomic mass is 9.84. The zero-order chi connectivity index (χ0) is 55.9. The molecule has 0 N–H and O–H groups in total. The average molecular weight is 1130 g/mol. The maximum Gasteiger partial charge on any atom is 0.187 e. The highest BCUT2D eigenvalue weighted by atomic mass is 32.2. The molecule has 6 unspecified atom stereocenters. The lowest BCUT2D eigenvalue weighted by Crippen LogP contribution is -2.42. The molecular formula is C64H72O10S4. The minimum Gasteiger partial charge on any atom is -0.497 e. The highest BCUT2D eigenvalue weighted by Crippen LogP contribution is 2.40. The van der Waals surface area contributed by atoms with E-state index in [9.17, 15) is 0 Å². The Balaban J connectivity index is 1.48. The molecule has 0 saturated carbocycles. The van der Waals surface area contributed by atoms with E-state index in [1.165, 1.54) is 14.2 Å². The monoisotopic (exact) mass is 1130 g/mol. The summed E-state index contributed by atoms with van der Waals surface area (Å²) in [6.45, 7) is 3.28. The fourth-order valence-electron chi connectivity index (χ4n) is 9.35. The van der Waals surface area contributed by atoms with Gasteiger partial charge in [-0.2, -0.15) is 0 Å². The molecule has 412 valence electrons. The van der Waals surface area contributed by atoms with Crippen LogP contribution in [0.15, 0.2) is 225 Å². The third-order valence-corrected chi connectivity index (χ3v) is 19.4. The van der Waals surface area contributed by atoms with Crippen molar-refractivity contribution < 1.29 is 45.3 Å². The molecular weight excluding hydrogens is 1060 g/mol. The van der Waals surface area contributed by atoms with Gasteiger partial charge in [0.2, 0.25) is 0 Å². The second kappa shape index (κ2) is 31.0. The van der Waals surface area contributed by atoms with Crippen LogP contribution in [0, 0.1) is 0 Å². The van der Waals surface area contributed by atoms with Gasteiger partial charge in [-0.3, -0.25) is 0 Å². The molecule has 6 rings (SSSR count). The van der Waals surface area contributed by atoms with Gasteiger partial charge in [0.1, 0.15) is 35.6 Å². The van der Waals surface area contributed by atoms with E-state index >= 15 is 16.8 Å². The number of ether oxygens (including phenoxy) is 6. The van der Waals surface area contributed by atoms with Gasteiger partial charge < -0.3 is 28.4 Å². The van der Waals surface area contributed by atoms with Gasteiger partial charge in [-0.05, 0) is 134 Å². The van der Waals surface area contributed by atoms with E-state index in [1.54, 1.807) is 98.4 Å². The van der Waals surface area contributed by atoms with Crippen molar-refractivity contribution in [3.8, 4) is 11.5 Å². The third kappa shape index (κ3) is 16.8. The zero-order valence-electron chi connectivity index (χ0n) is 45.6. The van der Waals surface area contributed by atoms with Crippen LogP contribution in [-0.2, 0) is 38.6 Å². The van der Waals surface area contributed by atoms with E-state index in [0.717, 1.165) is 32.0 Å². The maximum atomic E-state index is 15.2. The Hall–Kier alpha value is -5.94. The van der Waals surface area contributed by atoms with Crippen molar-refractivity contribution >= 4 is 55.4 Å². The van der Waals surface area contributed by atoms with Gasteiger partial charge in [0, 0.05) is 35.8 Å². The number of hydrogen-bond donors (Lipinski definition) is 0. The Labute approximate surface area is 472 Å².